The van der Waals surface area contributed by atoms with Crippen LogP contribution in [0.4, 0.5) is 5.69 Å². The van der Waals surface area contributed by atoms with Gasteiger partial charge in [0.2, 0.25) is 5.91 Å². The Labute approximate surface area is 146 Å². The van der Waals surface area contributed by atoms with Crippen LogP contribution in [0.2, 0.25) is 0 Å². The molecule has 0 bridgehead atoms. The van der Waals surface area contributed by atoms with Crippen molar-refractivity contribution in [3.63, 3.8) is 0 Å². The molecule has 2 aromatic rings. The third-order valence-electron chi connectivity index (χ3n) is 3.60. The second kappa shape index (κ2) is 7.35. The topological polar surface area (TPSA) is 110 Å². The third-order valence-corrected chi connectivity index (χ3v) is 5.40. The standard InChI is InChI=1S/C17H19N3O4S/c1-12-3-9-15(10-4-12)25(23,24)20(2)14-7-5-13(6-8-14)17(22)19-11-16(18)21/h3-10H,11H2,1-2H3,(H2,18,21)(H,19,22). The van der Waals surface area contributed by atoms with Crippen molar-refractivity contribution in [2.45, 2.75) is 11.8 Å². The van der Waals surface area contributed by atoms with E-state index in [0.29, 0.717) is 11.3 Å². The Kier molecular flexibility index (Phi) is 5.43. The van der Waals surface area contributed by atoms with Crippen LogP contribution in [0.1, 0.15) is 15.9 Å². The van der Waals surface area contributed by atoms with Crippen LogP contribution >= 0.6 is 0 Å². The zero-order chi connectivity index (χ0) is 18.6. The molecule has 25 heavy (non-hydrogen) atoms. The van der Waals surface area contributed by atoms with Gasteiger partial charge in [-0.05, 0) is 43.3 Å². The normalized spacial score (nSPS) is 11.0. The van der Waals surface area contributed by atoms with Crippen molar-refractivity contribution in [1.82, 2.24) is 5.32 Å². The predicted octanol–water partition coefficient (Wildman–Crippen LogP) is 1.04. The number of sulfonamides is 1. The molecule has 2 aromatic carbocycles. The Bertz CT molecular complexity index is 875. The highest BCUT2D eigenvalue weighted by Gasteiger charge is 2.21. The van der Waals surface area contributed by atoms with Gasteiger partial charge >= 0.3 is 0 Å². The number of nitrogens with zero attached hydrogens (tertiary/aromatic N) is 1. The van der Waals surface area contributed by atoms with Crippen LogP contribution in [0.5, 0.6) is 0 Å². The van der Waals surface area contributed by atoms with Crippen LogP contribution in [0, 0.1) is 6.92 Å². The molecule has 0 saturated heterocycles. The molecule has 0 aliphatic rings. The number of amides is 2. The first kappa shape index (κ1) is 18.5. The van der Waals surface area contributed by atoms with E-state index in [1.54, 1.807) is 24.3 Å². The molecule has 0 radical (unpaired) electrons. The molecule has 2 rings (SSSR count). The number of nitrogens with two attached hydrogens (primary N) is 1. The van der Waals surface area contributed by atoms with Crippen LogP contribution < -0.4 is 15.4 Å². The van der Waals surface area contributed by atoms with E-state index in [9.17, 15) is 18.0 Å². The van der Waals surface area contributed by atoms with E-state index in [0.717, 1.165) is 9.87 Å². The molecule has 0 unspecified atom stereocenters. The van der Waals surface area contributed by atoms with E-state index in [2.05, 4.69) is 5.32 Å². The summed E-state index contributed by atoms with van der Waals surface area (Å²) in [4.78, 5) is 22.7. The number of primary amides is 1. The van der Waals surface area contributed by atoms with Crippen molar-refractivity contribution >= 4 is 27.5 Å². The van der Waals surface area contributed by atoms with E-state index in [4.69, 9.17) is 5.73 Å². The Morgan fingerprint density at radius 3 is 2.12 bits per heavy atom. The zero-order valence-corrected chi connectivity index (χ0v) is 14.7. The summed E-state index contributed by atoms with van der Waals surface area (Å²) in [5, 5.41) is 2.36. The van der Waals surface area contributed by atoms with Crippen LogP contribution in [-0.4, -0.2) is 33.8 Å². The van der Waals surface area contributed by atoms with Gasteiger partial charge in [0, 0.05) is 12.6 Å². The summed E-state index contributed by atoms with van der Waals surface area (Å²) in [6.45, 7) is 1.62. The van der Waals surface area contributed by atoms with Gasteiger partial charge in [-0.25, -0.2) is 8.42 Å². The monoisotopic (exact) mass is 361 g/mol. The van der Waals surface area contributed by atoms with Crippen molar-refractivity contribution < 1.29 is 18.0 Å². The number of carbonyl (C=O) groups excluding carboxylic acids is 2. The molecule has 3 N–H and O–H groups in total. The van der Waals surface area contributed by atoms with E-state index >= 15 is 0 Å². The maximum Gasteiger partial charge on any atom is 0.264 e. The quantitative estimate of drug-likeness (QED) is 0.801. The van der Waals surface area contributed by atoms with Gasteiger partial charge in [0.1, 0.15) is 0 Å². The van der Waals surface area contributed by atoms with Gasteiger partial charge in [-0.3, -0.25) is 13.9 Å². The zero-order valence-electron chi connectivity index (χ0n) is 13.9. The van der Waals surface area contributed by atoms with Crippen LogP contribution in [-0.2, 0) is 14.8 Å². The summed E-state index contributed by atoms with van der Waals surface area (Å²) in [6, 6.07) is 12.6. The lowest BCUT2D eigenvalue weighted by atomic mass is 10.2. The first-order valence-corrected chi connectivity index (χ1v) is 8.88. The van der Waals surface area contributed by atoms with E-state index < -0.39 is 21.8 Å². The summed E-state index contributed by atoms with van der Waals surface area (Å²) < 4.78 is 26.4. The summed E-state index contributed by atoms with van der Waals surface area (Å²) >= 11 is 0. The Balaban J connectivity index is 2.19. The minimum Gasteiger partial charge on any atom is -0.368 e. The number of rotatable bonds is 6. The molecule has 0 saturated carbocycles. The van der Waals surface area contributed by atoms with Gasteiger partial charge in [0.25, 0.3) is 15.9 Å². The van der Waals surface area contributed by atoms with E-state index in [-0.39, 0.29) is 11.4 Å². The lowest BCUT2D eigenvalue weighted by Crippen LogP contribution is -2.33. The van der Waals surface area contributed by atoms with Gasteiger partial charge in [-0.2, -0.15) is 0 Å². The minimum absolute atomic E-state index is 0.184. The van der Waals surface area contributed by atoms with Crippen molar-refractivity contribution in [2.75, 3.05) is 17.9 Å². The molecule has 0 spiro atoms. The lowest BCUT2D eigenvalue weighted by Gasteiger charge is -2.20. The molecule has 2 amide bonds. The summed E-state index contributed by atoms with van der Waals surface area (Å²) in [5.74, 6) is -1.11. The Morgan fingerprint density at radius 2 is 1.60 bits per heavy atom. The molecule has 0 atom stereocenters. The van der Waals surface area contributed by atoms with Crippen molar-refractivity contribution in [3.8, 4) is 0 Å². The third kappa shape index (κ3) is 4.36. The molecule has 7 nitrogen and oxygen atoms in total. The number of benzene rings is 2. The first-order chi connectivity index (χ1) is 11.7. The average molecular weight is 361 g/mol. The highest BCUT2D eigenvalue weighted by Crippen LogP contribution is 2.22. The van der Waals surface area contributed by atoms with Crippen LogP contribution in [0.15, 0.2) is 53.4 Å². The maximum atomic E-state index is 12.6. The van der Waals surface area contributed by atoms with E-state index in [1.807, 2.05) is 6.92 Å². The fourth-order valence-electron chi connectivity index (χ4n) is 2.10. The maximum absolute atomic E-state index is 12.6. The van der Waals surface area contributed by atoms with Gasteiger partial charge in [0.05, 0.1) is 17.1 Å². The van der Waals surface area contributed by atoms with Crippen molar-refractivity contribution in [2.24, 2.45) is 5.73 Å². The smallest absolute Gasteiger partial charge is 0.264 e. The van der Waals surface area contributed by atoms with Crippen LogP contribution in [0.25, 0.3) is 0 Å². The van der Waals surface area contributed by atoms with Crippen molar-refractivity contribution in [3.05, 3.63) is 59.7 Å². The summed E-state index contributed by atoms with van der Waals surface area (Å²) in [7, 11) is -2.25. The molecule has 0 aliphatic carbocycles. The number of carbonyl (C=O) groups is 2. The largest absolute Gasteiger partial charge is 0.368 e. The number of aryl methyl sites for hydroxylation is 1. The van der Waals surface area contributed by atoms with Gasteiger partial charge in [-0.15, -0.1) is 0 Å². The van der Waals surface area contributed by atoms with Crippen molar-refractivity contribution in [1.29, 1.82) is 0 Å². The van der Waals surface area contributed by atoms with E-state index in [1.165, 1.54) is 31.3 Å². The van der Waals surface area contributed by atoms with Gasteiger partial charge < -0.3 is 11.1 Å². The molecule has 132 valence electrons. The average Bonchev–Trinajstić information content (AvgIpc) is 2.59. The van der Waals surface area contributed by atoms with Crippen LogP contribution in [0.3, 0.4) is 0 Å². The fraction of sp³-hybridized carbons (Fsp3) is 0.176. The highest BCUT2D eigenvalue weighted by atomic mass is 32.2. The Hall–Kier alpha value is -2.87. The fourth-order valence-corrected chi connectivity index (χ4v) is 3.29. The molecule has 0 aliphatic heterocycles. The minimum atomic E-state index is -3.69. The number of hydrogen-bond acceptors (Lipinski definition) is 4. The number of nitrogens with one attached hydrogen (secondary N) is 1. The molecule has 0 fully saturated rings. The lowest BCUT2D eigenvalue weighted by molar-refractivity contribution is -0.117. The summed E-state index contributed by atoms with van der Waals surface area (Å²) in [5.41, 5.74) is 6.64. The summed E-state index contributed by atoms with van der Waals surface area (Å²) in [6.07, 6.45) is 0. The highest BCUT2D eigenvalue weighted by molar-refractivity contribution is 7.92. The SMILES string of the molecule is Cc1ccc(S(=O)(=O)N(C)c2ccc(C(=O)NCC(N)=O)cc2)cc1. The number of hydrogen-bond donors (Lipinski definition) is 2. The predicted molar refractivity (Wildman–Crippen MR) is 94.7 cm³/mol. The second-order valence-corrected chi connectivity index (χ2v) is 7.45. The second-order valence-electron chi connectivity index (χ2n) is 5.48. The molecular formula is C17H19N3O4S. The first-order valence-electron chi connectivity index (χ1n) is 7.44. The Morgan fingerprint density at radius 1 is 1.04 bits per heavy atom. The molecule has 0 heterocycles. The van der Waals surface area contributed by atoms with Gasteiger partial charge in [-0.1, -0.05) is 17.7 Å². The molecule has 8 heteroatoms. The number of anilines is 1. The molecule has 0 aromatic heterocycles. The molecular weight excluding hydrogens is 342 g/mol. The van der Waals surface area contributed by atoms with Gasteiger partial charge in [0.15, 0.2) is 0 Å².